The van der Waals surface area contributed by atoms with E-state index in [2.05, 4.69) is 4.99 Å². The lowest BCUT2D eigenvalue weighted by Gasteiger charge is -2.19. The van der Waals surface area contributed by atoms with Crippen LogP contribution in [0.3, 0.4) is 0 Å². The largest absolute Gasteiger partial charge is 0.465 e. The molecule has 1 aliphatic heterocycles. The van der Waals surface area contributed by atoms with Gasteiger partial charge in [0.25, 0.3) is 0 Å². The van der Waals surface area contributed by atoms with E-state index in [4.69, 9.17) is 17.0 Å². The third-order valence-corrected chi connectivity index (χ3v) is 3.18. The number of thiocarbonyl (C=S) groups is 1. The Labute approximate surface area is 110 Å². The highest BCUT2D eigenvalue weighted by Crippen LogP contribution is 2.31. The minimum Gasteiger partial charge on any atom is -0.465 e. The fraction of sp³-hybridized carbons (Fsp3) is 0.308. The van der Waals surface area contributed by atoms with E-state index in [1.54, 1.807) is 13.8 Å². The zero-order valence-corrected chi connectivity index (χ0v) is 10.9. The molecule has 0 saturated carbocycles. The van der Waals surface area contributed by atoms with Crippen molar-refractivity contribution in [1.29, 1.82) is 0 Å². The number of fused-ring (bicyclic) bond motifs is 1. The average Bonchev–Trinajstić information content (AvgIpc) is 2.30. The van der Waals surface area contributed by atoms with Gasteiger partial charge in [-0.1, -0.05) is 12.2 Å². The predicted octanol–water partition coefficient (Wildman–Crippen LogP) is 2.75. The molecule has 0 N–H and O–H groups in total. The number of hydrogen-bond acceptors (Lipinski definition) is 4. The van der Waals surface area contributed by atoms with E-state index in [0.717, 1.165) is 0 Å². The van der Waals surface area contributed by atoms with E-state index in [0.29, 0.717) is 21.7 Å². The Kier molecular flexibility index (Phi) is 3.52. The highest BCUT2D eigenvalue weighted by Gasteiger charge is 2.29. The molecule has 1 aliphatic rings. The van der Waals surface area contributed by atoms with Gasteiger partial charge in [0.2, 0.25) is 0 Å². The lowest BCUT2D eigenvalue weighted by molar-refractivity contribution is -0.143. The average molecular weight is 265 g/mol. The van der Waals surface area contributed by atoms with Crippen LogP contribution in [0.1, 0.15) is 18.1 Å². The summed E-state index contributed by atoms with van der Waals surface area (Å²) >= 11 is 5.23. The minimum absolute atomic E-state index is 0.279. The molecular weight excluding hydrogens is 253 g/mol. The number of carbonyl (C=O) groups excluding carboxylic acids is 1. The number of ether oxygens (including phenoxy) is 1. The molecule has 1 aromatic rings. The van der Waals surface area contributed by atoms with E-state index >= 15 is 0 Å². The molecular formula is C13H12FNO2S. The summed E-state index contributed by atoms with van der Waals surface area (Å²) in [7, 11) is 0. The molecule has 3 nitrogen and oxygen atoms in total. The van der Waals surface area contributed by atoms with Gasteiger partial charge in [-0.05, 0) is 31.5 Å². The van der Waals surface area contributed by atoms with E-state index in [1.165, 1.54) is 18.3 Å². The highest BCUT2D eigenvalue weighted by atomic mass is 32.1. The quantitative estimate of drug-likeness (QED) is 0.609. The SMILES string of the molecule is CCOC(=O)C1C=Nc2c(C)cc(F)cc2C1=S. The third-order valence-electron chi connectivity index (χ3n) is 2.71. The monoisotopic (exact) mass is 265 g/mol. The minimum atomic E-state index is -0.700. The molecule has 1 unspecified atom stereocenters. The van der Waals surface area contributed by atoms with E-state index in [9.17, 15) is 9.18 Å². The molecule has 1 aromatic carbocycles. The molecule has 0 radical (unpaired) electrons. The zero-order valence-electron chi connectivity index (χ0n) is 10.1. The summed E-state index contributed by atoms with van der Waals surface area (Å²) in [5.74, 6) is -1.53. The number of benzene rings is 1. The Bertz CT molecular complexity index is 554. The maximum absolute atomic E-state index is 13.4. The van der Waals surface area contributed by atoms with Crippen molar-refractivity contribution in [3.63, 3.8) is 0 Å². The number of nitrogens with zero attached hydrogens (tertiary/aromatic N) is 1. The summed E-state index contributed by atoms with van der Waals surface area (Å²) < 4.78 is 18.3. The molecule has 0 bridgehead atoms. The van der Waals surface area contributed by atoms with Gasteiger partial charge in [0.05, 0.1) is 12.3 Å². The molecule has 0 amide bonds. The first-order valence-corrected chi connectivity index (χ1v) is 6.00. The van der Waals surface area contributed by atoms with Crippen LogP contribution in [0.15, 0.2) is 17.1 Å². The second-order valence-corrected chi connectivity index (χ2v) is 4.43. The van der Waals surface area contributed by atoms with Gasteiger partial charge in [-0.15, -0.1) is 0 Å². The Hall–Kier alpha value is -1.62. The van der Waals surface area contributed by atoms with Crippen LogP contribution in [0.2, 0.25) is 0 Å². The van der Waals surface area contributed by atoms with Crippen molar-refractivity contribution in [1.82, 2.24) is 0 Å². The standard InChI is InChI=1S/C13H12FNO2S/c1-3-17-13(16)10-6-15-11-7(2)4-8(14)5-9(11)12(10)18/h4-6,10H,3H2,1-2H3. The van der Waals surface area contributed by atoms with Crippen molar-refractivity contribution in [2.75, 3.05) is 6.61 Å². The van der Waals surface area contributed by atoms with Crippen molar-refractivity contribution < 1.29 is 13.9 Å². The molecule has 1 heterocycles. The van der Waals surface area contributed by atoms with E-state index in [-0.39, 0.29) is 12.4 Å². The van der Waals surface area contributed by atoms with Gasteiger partial charge < -0.3 is 4.74 Å². The number of esters is 1. The second kappa shape index (κ2) is 4.94. The first-order chi connectivity index (χ1) is 8.54. The molecule has 0 saturated heterocycles. The fourth-order valence-corrected chi connectivity index (χ4v) is 2.19. The maximum atomic E-state index is 13.4. The molecule has 94 valence electrons. The summed E-state index contributed by atoms with van der Waals surface area (Å²) in [6.45, 7) is 3.76. The summed E-state index contributed by atoms with van der Waals surface area (Å²) in [5.41, 5.74) is 1.83. The number of halogens is 1. The number of rotatable bonds is 2. The first-order valence-electron chi connectivity index (χ1n) is 5.59. The summed E-state index contributed by atoms with van der Waals surface area (Å²) in [5, 5.41) is 0. The Morgan fingerprint density at radius 3 is 2.94 bits per heavy atom. The first kappa shape index (κ1) is 12.8. The smallest absolute Gasteiger partial charge is 0.319 e. The molecule has 0 aliphatic carbocycles. The molecule has 2 rings (SSSR count). The van der Waals surface area contributed by atoms with Crippen LogP contribution in [-0.2, 0) is 9.53 Å². The van der Waals surface area contributed by atoms with Gasteiger partial charge in [0, 0.05) is 16.6 Å². The van der Waals surface area contributed by atoms with Crippen LogP contribution < -0.4 is 0 Å². The van der Waals surface area contributed by atoms with Crippen LogP contribution in [-0.4, -0.2) is 23.7 Å². The number of aliphatic imine (C=N–C) groups is 1. The normalized spacial score (nSPS) is 17.5. The molecule has 5 heteroatoms. The van der Waals surface area contributed by atoms with Gasteiger partial charge in [-0.3, -0.25) is 9.79 Å². The fourth-order valence-electron chi connectivity index (χ4n) is 1.88. The Morgan fingerprint density at radius 1 is 1.56 bits per heavy atom. The van der Waals surface area contributed by atoms with Crippen molar-refractivity contribution in [2.45, 2.75) is 13.8 Å². The van der Waals surface area contributed by atoms with Gasteiger partial charge in [-0.25, -0.2) is 4.39 Å². The predicted molar refractivity (Wildman–Crippen MR) is 71.1 cm³/mol. The van der Waals surface area contributed by atoms with Crippen molar-refractivity contribution in [3.05, 3.63) is 29.1 Å². The topological polar surface area (TPSA) is 38.7 Å². The zero-order chi connectivity index (χ0) is 13.3. The van der Waals surface area contributed by atoms with Crippen LogP contribution in [0.25, 0.3) is 0 Å². The molecule has 1 atom stereocenters. The Morgan fingerprint density at radius 2 is 2.28 bits per heavy atom. The van der Waals surface area contributed by atoms with Gasteiger partial charge in [0.15, 0.2) is 0 Å². The lowest BCUT2D eigenvalue weighted by Crippen LogP contribution is -2.29. The number of aryl methyl sites for hydroxylation is 1. The van der Waals surface area contributed by atoms with Crippen LogP contribution in [0.5, 0.6) is 0 Å². The Balaban J connectivity index is 2.43. The molecule has 0 aromatic heterocycles. The lowest BCUT2D eigenvalue weighted by atomic mass is 9.94. The van der Waals surface area contributed by atoms with Crippen molar-refractivity contribution in [3.8, 4) is 0 Å². The maximum Gasteiger partial charge on any atom is 0.319 e. The summed E-state index contributed by atoms with van der Waals surface area (Å²) in [6, 6.07) is 2.71. The third kappa shape index (κ3) is 2.18. The van der Waals surface area contributed by atoms with Crippen LogP contribution in [0, 0.1) is 18.7 Å². The van der Waals surface area contributed by atoms with E-state index in [1.807, 2.05) is 0 Å². The second-order valence-electron chi connectivity index (χ2n) is 3.99. The number of hydrogen-bond donors (Lipinski definition) is 0. The number of carbonyl (C=O) groups is 1. The molecule has 18 heavy (non-hydrogen) atoms. The summed E-state index contributed by atoms with van der Waals surface area (Å²) in [6.07, 6.45) is 1.47. The molecule has 0 spiro atoms. The van der Waals surface area contributed by atoms with Gasteiger partial charge in [0.1, 0.15) is 11.7 Å². The van der Waals surface area contributed by atoms with Gasteiger partial charge in [-0.2, -0.15) is 0 Å². The molecule has 0 fully saturated rings. The van der Waals surface area contributed by atoms with E-state index < -0.39 is 11.9 Å². The van der Waals surface area contributed by atoms with Crippen molar-refractivity contribution in [2.24, 2.45) is 10.9 Å². The highest BCUT2D eigenvalue weighted by molar-refractivity contribution is 7.81. The van der Waals surface area contributed by atoms with Crippen molar-refractivity contribution >= 4 is 35.0 Å². The van der Waals surface area contributed by atoms with Crippen LogP contribution in [0.4, 0.5) is 10.1 Å². The summed E-state index contributed by atoms with van der Waals surface area (Å²) in [4.78, 5) is 16.2. The van der Waals surface area contributed by atoms with Gasteiger partial charge >= 0.3 is 5.97 Å². The van der Waals surface area contributed by atoms with Crippen LogP contribution >= 0.6 is 12.2 Å².